The van der Waals surface area contributed by atoms with Gasteiger partial charge in [0.05, 0.1) is 35.8 Å². The summed E-state index contributed by atoms with van der Waals surface area (Å²) >= 11 is 0. The minimum Gasteiger partial charge on any atom is -0.443 e. The number of aliphatic hydroxyl groups is 1. The van der Waals surface area contributed by atoms with Crippen molar-refractivity contribution in [2.75, 3.05) is 24.7 Å². The average Bonchev–Trinajstić information content (AvgIpc) is 3.52. The summed E-state index contributed by atoms with van der Waals surface area (Å²) in [5, 5.41) is 24.4. The van der Waals surface area contributed by atoms with Crippen molar-refractivity contribution in [3.63, 3.8) is 0 Å². The van der Waals surface area contributed by atoms with Gasteiger partial charge in [0.15, 0.2) is 16.1 Å². The van der Waals surface area contributed by atoms with Crippen LogP contribution in [0.2, 0.25) is 0 Å². The van der Waals surface area contributed by atoms with Crippen LogP contribution in [-0.2, 0) is 30.5 Å². The number of amides is 1. The topological polar surface area (TPSA) is 187 Å². The van der Waals surface area contributed by atoms with Crippen LogP contribution in [0.1, 0.15) is 45.1 Å². The molecule has 0 bridgehead atoms. The van der Waals surface area contributed by atoms with Crippen LogP contribution in [-0.4, -0.2) is 62.2 Å². The predicted molar refractivity (Wildman–Crippen MR) is 155 cm³/mol. The molecule has 2 aromatic rings. The molecule has 2 fully saturated rings. The number of carbonyl (C=O) groups excluding carboxylic acids is 1. The van der Waals surface area contributed by atoms with Crippen molar-refractivity contribution in [1.82, 2.24) is 5.32 Å². The Balaban J connectivity index is 1.73. The quantitative estimate of drug-likeness (QED) is 0.208. The summed E-state index contributed by atoms with van der Waals surface area (Å²) in [6.07, 6.45) is -1.01. The zero-order valence-electron chi connectivity index (χ0n) is 24.0. The number of hydrogen-bond donors (Lipinski definition) is 4. The highest BCUT2D eigenvalue weighted by Gasteiger charge is 2.54. The number of fused-ring (bicyclic) bond motifs is 1. The van der Waals surface area contributed by atoms with E-state index in [4.69, 9.17) is 25.7 Å². The highest BCUT2D eigenvalue weighted by Crippen LogP contribution is 2.40. The monoisotopic (exact) mass is 600 g/mol. The molecule has 2 aromatic carbocycles. The van der Waals surface area contributed by atoms with Gasteiger partial charge in [-0.25, -0.2) is 13.2 Å². The number of anilines is 1. The van der Waals surface area contributed by atoms with Crippen LogP contribution in [0.5, 0.6) is 0 Å². The summed E-state index contributed by atoms with van der Waals surface area (Å²) in [6.45, 7) is 4.28. The second kappa shape index (κ2) is 12.6. The molecule has 4 rings (SSSR count). The molecule has 0 spiro atoms. The number of nitrogens with one attached hydrogen (secondary N) is 1. The Morgan fingerprint density at radius 3 is 2.62 bits per heavy atom. The molecule has 0 saturated carbocycles. The fraction of sp³-hybridized carbons (Fsp3) is 0.533. The van der Waals surface area contributed by atoms with E-state index < -0.39 is 50.8 Å². The van der Waals surface area contributed by atoms with Gasteiger partial charge in [0, 0.05) is 18.5 Å². The molecule has 2 aliphatic rings. The average molecular weight is 601 g/mol. The summed E-state index contributed by atoms with van der Waals surface area (Å²) in [7, 11) is -4.18. The first kappa shape index (κ1) is 31.7. The third kappa shape index (κ3) is 7.40. The molecular weight excluding hydrogens is 560 g/mol. The van der Waals surface area contributed by atoms with E-state index in [-0.39, 0.29) is 42.4 Å². The number of carbonyl (C=O) groups is 1. The Kier molecular flexibility index (Phi) is 9.49. The molecule has 0 aliphatic carbocycles. The Morgan fingerprint density at radius 1 is 1.19 bits per heavy atom. The number of hydrogen-bond acceptors (Lipinski definition) is 10. The minimum atomic E-state index is -4.18. The number of sulfone groups is 1. The first-order valence-electron chi connectivity index (χ1n) is 14.0. The van der Waals surface area contributed by atoms with E-state index in [0.717, 1.165) is 0 Å². The molecule has 0 aromatic heterocycles. The fourth-order valence-electron chi connectivity index (χ4n) is 5.86. The zero-order chi connectivity index (χ0) is 30.6. The predicted octanol–water partition coefficient (Wildman–Crippen LogP) is 2.88. The number of ether oxygens (including phenoxy) is 3. The van der Waals surface area contributed by atoms with Gasteiger partial charge in [-0.3, -0.25) is 0 Å². The normalized spacial score (nSPS) is 23.3. The summed E-state index contributed by atoms with van der Waals surface area (Å²) < 4.78 is 44.4. The Bertz CT molecular complexity index is 1400. The largest absolute Gasteiger partial charge is 0.443 e. The van der Waals surface area contributed by atoms with Crippen LogP contribution in [0.3, 0.4) is 0 Å². The van der Waals surface area contributed by atoms with E-state index in [9.17, 15) is 23.6 Å². The van der Waals surface area contributed by atoms with E-state index in [2.05, 4.69) is 11.4 Å². The van der Waals surface area contributed by atoms with Crippen LogP contribution in [0, 0.1) is 22.7 Å². The van der Waals surface area contributed by atoms with E-state index in [1.54, 1.807) is 30.3 Å². The third-order valence-corrected chi connectivity index (χ3v) is 9.89. The summed E-state index contributed by atoms with van der Waals surface area (Å²) in [6, 6.07) is 16.8. The fourth-order valence-corrected chi connectivity index (χ4v) is 7.61. The maximum absolute atomic E-state index is 13.8. The molecule has 6 N–H and O–H groups in total. The van der Waals surface area contributed by atoms with Gasteiger partial charge in [0.1, 0.15) is 17.4 Å². The molecule has 3 unspecified atom stereocenters. The van der Waals surface area contributed by atoms with Crippen molar-refractivity contribution < 1.29 is 32.5 Å². The summed E-state index contributed by atoms with van der Waals surface area (Å²) in [5.74, 6) is -0.960. The van der Waals surface area contributed by atoms with Gasteiger partial charge >= 0.3 is 6.09 Å². The molecule has 12 heteroatoms. The van der Waals surface area contributed by atoms with E-state index in [0.29, 0.717) is 25.0 Å². The third-order valence-electron chi connectivity index (χ3n) is 8.06. The van der Waals surface area contributed by atoms with Gasteiger partial charge in [-0.1, -0.05) is 50.2 Å². The van der Waals surface area contributed by atoms with Crippen LogP contribution in [0.25, 0.3) is 0 Å². The first-order valence-corrected chi connectivity index (χ1v) is 15.6. The van der Waals surface area contributed by atoms with Crippen molar-refractivity contribution in [3.8, 4) is 6.07 Å². The van der Waals surface area contributed by atoms with E-state index >= 15 is 0 Å². The SMILES string of the molecule is CC(C)(CCC#N)C[C@](O)(CS(=O)(=O)c1cccc(N)c1)[C@](N)(Cc1ccccc1)NC(=O)OC1COC2OCCC12. The smallest absolute Gasteiger partial charge is 0.409 e. The molecule has 1 amide bonds. The molecule has 11 nitrogen and oxygen atoms in total. The molecular formula is C30H40N4O7S. The second-order valence-electron chi connectivity index (χ2n) is 12.1. The summed E-state index contributed by atoms with van der Waals surface area (Å²) in [4.78, 5) is 13.3. The Labute approximate surface area is 247 Å². The van der Waals surface area contributed by atoms with E-state index in [1.807, 2.05) is 19.9 Å². The van der Waals surface area contributed by atoms with Crippen LogP contribution < -0.4 is 16.8 Å². The lowest BCUT2D eigenvalue weighted by atomic mass is 9.71. The van der Waals surface area contributed by atoms with Crippen molar-refractivity contribution in [2.45, 2.75) is 74.5 Å². The van der Waals surface area contributed by atoms with Gasteiger partial charge in [0.25, 0.3) is 0 Å². The molecule has 2 saturated heterocycles. The maximum Gasteiger partial charge on any atom is 0.409 e. The van der Waals surface area contributed by atoms with Gasteiger partial charge in [0.2, 0.25) is 0 Å². The van der Waals surface area contributed by atoms with Crippen molar-refractivity contribution in [2.24, 2.45) is 17.1 Å². The standard InChI is InChI=1S/C30H40N4O7S/c1-28(2,13-7-14-31)19-29(36,20-42(37,38)23-11-6-10-22(32)16-23)30(33,17-21-8-4-3-5-9-21)34-27(35)41-25-18-40-26-24(25)12-15-39-26/h3-6,8-11,16,24-26,36H,7,12-13,15,17-20,32-33H2,1-2H3,(H,34,35)/t24?,25?,26?,29-,30-/m0/s1. The number of alkyl carbamates (subject to hydrolysis) is 1. The van der Waals surface area contributed by atoms with Crippen molar-refractivity contribution in [3.05, 3.63) is 60.2 Å². The molecule has 42 heavy (non-hydrogen) atoms. The molecule has 228 valence electrons. The van der Waals surface area contributed by atoms with Crippen molar-refractivity contribution >= 4 is 21.6 Å². The lowest BCUT2D eigenvalue weighted by Gasteiger charge is -2.48. The van der Waals surface area contributed by atoms with E-state index in [1.165, 1.54) is 18.2 Å². The number of benzene rings is 2. The van der Waals surface area contributed by atoms with Gasteiger partial charge in [-0.05, 0) is 48.4 Å². The summed E-state index contributed by atoms with van der Waals surface area (Å²) in [5.41, 5.74) is 8.75. The zero-order valence-corrected chi connectivity index (χ0v) is 24.8. The first-order chi connectivity index (χ1) is 19.8. The maximum atomic E-state index is 13.8. The number of nitrogens with two attached hydrogens (primary N) is 2. The Morgan fingerprint density at radius 2 is 1.93 bits per heavy atom. The van der Waals surface area contributed by atoms with Crippen LogP contribution >= 0.6 is 0 Å². The van der Waals surface area contributed by atoms with Gasteiger partial charge < -0.3 is 36.1 Å². The lowest BCUT2D eigenvalue weighted by Crippen LogP contribution is -2.74. The van der Waals surface area contributed by atoms with Crippen molar-refractivity contribution in [1.29, 1.82) is 5.26 Å². The molecule has 2 aliphatic heterocycles. The molecule has 5 atom stereocenters. The van der Waals surface area contributed by atoms with Crippen LogP contribution in [0.4, 0.5) is 10.5 Å². The van der Waals surface area contributed by atoms with Gasteiger partial charge in [-0.2, -0.15) is 5.26 Å². The number of nitrogen functional groups attached to an aromatic ring is 1. The minimum absolute atomic E-state index is 0.0872. The number of rotatable bonds is 12. The number of nitriles is 1. The Hall–Kier alpha value is -3.21. The highest BCUT2D eigenvalue weighted by atomic mass is 32.2. The highest BCUT2D eigenvalue weighted by molar-refractivity contribution is 7.91. The second-order valence-corrected chi connectivity index (χ2v) is 14.1. The van der Waals surface area contributed by atoms with Gasteiger partial charge in [-0.15, -0.1) is 0 Å². The van der Waals surface area contributed by atoms with Crippen LogP contribution in [0.15, 0.2) is 59.5 Å². The molecule has 0 radical (unpaired) electrons. The lowest BCUT2D eigenvalue weighted by molar-refractivity contribution is -0.0907. The molecule has 2 heterocycles. The number of nitrogens with zero attached hydrogens (tertiary/aromatic N) is 1.